The Morgan fingerprint density at radius 3 is 1.51 bits per heavy atom. The van der Waals surface area contributed by atoms with Crippen LogP contribution < -0.4 is 4.74 Å². The van der Waals surface area contributed by atoms with Crippen LogP contribution in [0.4, 0.5) is 79.0 Å². The number of carbonyl (C=O) groups excluding carboxylic acids is 3. The zero-order valence-electron chi connectivity index (χ0n) is 38.1. The highest BCUT2D eigenvalue weighted by Crippen LogP contribution is 2.56. The first-order valence-electron chi connectivity index (χ1n) is 21.0. The second-order valence-electron chi connectivity index (χ2n) is 16.9. The Balaban J connectivity index is 2.34. The highest BCUT2D eigenvalue weighted by atomic mass is 28.4. The summed E-state index contributed by atoms with van der Waals surface area (Å²) < 4.78 is 276. The van der Waals surface area contributed by atoms with Crippen LogP contribution in [0.25, 0.3) is 0 Å². The second-order valence-corrected chi connectivity index (χ2v) is 21.9. The van der Waals surface area contributed by atoms with Crippen molar-refractivity contribution in [1.82, 2.24) is 0 Å². The fraction of sp³-hybridized carbons (Fsp3) is 0.690. The number of benzene rings is 1. The SMILES string of the molecule is CC(C)[Si](CCC(F)(F)C(F)(F)C(F)(F)C(F)(F)F)(O[C@H]1C=CC(=O)O[C@@H](C)CC(=O)O[C@@H](C)[C@@H](OCc2ccc(OCCCC(F)(F)C(F)(F)C(F)(F)C(F)(F)F)cc2)C=CC(=O)O[C@H]1C)C(C)C. The molecule has 0 fully saturated rings. The van der Waals surface area contributed by atoms with Crippen molar-refractivity contribution in [3.05, 3.63) is 54.1 Å². The van der Waals surface area contributed by atoms with E-state index < -0.39 is 154 Å². The van der Waals surface area contributed by atoms with E-state index in [1.54, 1.807) is 0 Å². The minimum atomic E-state index is -7.14. The molecule has 70 heavy (non-hydrogen) atoms. The summed E-state index contributed by atoms with van der Waals surface area (Å²) in [4.78, 5) is 38.8. The van der Waals surface area contributed by atoms with Gasteiger partial charge in [-0.2, -0.15) is 79.0 Å². The average Bonchev–Trinajstić information content (AvgIpc) is 3.20. The van der Waals surface area contributed by atoms with Crippen LogP contribution in [0.3, 0.4) is 0 Å². The number of ether oxygens (including phenoxy) is 5. The van der Waals surface area contributed by atoms with Gasteiger partial charge in [-0.15, -0.1) is 0 Å². The van der Waals surface area contributed by atoms with E-state index in [-0.39, 0.29) is 12.4 Å². The van der Waals surface area contributed by atoms with Crippen molar-refractivity contribution in [3.8, 4) is 5.75 Å². The number of halogens is 18. The first kappa shape index (κ1) is 61.9. The molecule has 2 rings (SSSR count). The highest BCUT2D eigenvalue weighted by Gasteiger charge is 2.82. The zero-order valence-corrected chi connectivity index (χ0v) is 39.1. The molecule has 402 valence electrons. The maximum absolute atomic E-state index is 14.9. The fourth-order valence-corrected chi connectivity index (χ4v) is 11.4. The molecule has 0 unspecified atom stereocenters. The molecule has 5 atom stereocenters. The van der Waals surface area contributed by atoms with Crippen molar-refractivity contribution in [1.29, 1.82) is 0 Å². The predicted octanol–water partition coefficient (Wildman–Crippen LogP) is 12.5. The lowest BCUT2D eigenvalue weighted by Crippen LogP contribution is -2.61. The van der Waals surface area contributed by atoms with Crippen molar-refractivity contribution in [2.45, 2.75) is 176 Å². The second kappa shape index (κ2) is 23.1. The topological polar surface area (TPSA) is 107 Å². The van der Waals surface area contributed by atoms with Gasteiger partial charge in [0.15, 0.2) is 8.32 Å². The van der Waals surface area contributed by atoms with Crippen LogP contribution in [0.15, 0.2) is 48.6 Å². The van der Waals surface area contributed by atoms with Gasteiger partial charge < -0.3 is 28.1 Å². The molecule has 9 nitrogen and oxygen atoms in total. The van der Waals surface area contributed by atoms with Crippen LogP contribution in [-0.2, 0) is 44.4 Å². The molecule has 1 aliphatic heterocycles. The van der Waals surface area contributed by atoms with Crippen molar-refractivity contribution >= 4 is 26.2 Å². The van der Waals surface area contributed by atoms with E-state index in [1.807, 2.05) is 0 Å². The highest BCUT2D eigenvalue weighted by molar-refractivity contribution is 6.76. The molecule has 0 spiro atoms. The van der Waals surface area contributed by atoms with Crippen LogP contribution in [0.2, 0.25) is 17.1 Å². The molecule has 28 heteroatoms. The molecule has 1 heterocycles. The van der Waals surface area contributed by atoms with E-state index in [0.29, 0.717) is 5.56 Å². The number of hydrogen-bond acceptors (Lipinski definition) is 9. The quantitative estimate of drug-likeness (QED) is 0.0440. The van der Waals surface area contributed by atoms with Crippen LogP contribution >= 0.6 is 0 Å². The van der Waals surface area contributed by atoms with Gasteiger partial charge in [0, 0.05) is 25.0 Å². The monoisotopic (exact) mass is 1070 g/mol. The summed E-state index contributed by atoms with van der Waals surface area (Å²) in [6.45, 7) is 8.14. The number of alkyl halides is 18. The minimum absolute atomic E-state index is 0.109. The van der Waals surface area contributed by atoms with E-state index >= 15 is 0 Å². The van der Waals surface area contributed by atoms with E-state index in [1.165, 1.54) is 72.7 Å². The summed E-state index contributed by atoms with van der Waals surface area (Å²) in [5.41, 5.74) is -1.44. The molecule has 1 aromatic rings. The Kier molecular flexibility index (Phi) is 20.4. The summed E-state index contributed by atoms with van der Waals surface area (Å²) in [6, 6.07) is 3.85. The molecule has 0 bridgehead atoms. The molecule has 0 saturated carbocycles. The van der Waals surface area contributed by atoms with Crippen LogP contribution in [-0.4, -0.2) is 111 Å². The predicted molar refractivity (Wildman–Crippen MR) is 211 cm³/mol. The van der Waals surface area contributed by atoms with Gasteiger partial charge in [-0.3, -0.25) is 4.79 Å². The van der Waals surface area contributed by atoms with Gasteiger partial charge in [-0.05, 0) is 74.2 Å². The lowest BCUT2D eigenvalue weighted by molar-refractivity contribution is -0.396. The molecule has 0 amide bonds. The first-order chi connectivity index (χ1) is 31.6. The van der Waals surface area contributed by atoms with Gasteiger partial charge in [0.1, 0.15) is 36.3 Å². The van der Waals surface area contributed by atoms with Crippen molar-refractivity contribution in [2.75, 3.05) is 6.61 Å². The zero-order chi connectivity index (χ0) is 54.3. The third kappa shape index (κ3) is 14.7. The number of rotatable bonds is 19. The number of hydrogen-bond donors (Lipinski definition) is 0. The molecule has 0 N–H and O–H groups in total. The van der Waals surface area contributed by atoms with Gasteiger partial charge in [0.05, 0.1) is 19.6 Å². The number of carbonyl (C=O) groups is 3. The Bertz CT molecular complexity index is 1950. The van der Waals surface area contributed by atoms with Crippen LogP contribution in [0, 0.1) is 0 Å². The molecule has 0 radical (unpaired) electrons. The Hall–Kier alpha value is -4.21. The summed E-state index contributed by atoms with van der Waals surface area (Å²) in [7, 11) is -4.11. The Labute approximate surface area is 390 Å². The van der Waals surface area contributed by atoms with Crippen molar-refractivity contribution in [2.24, 2.45) is 0 Å². The number of esters is 3. The molecule has 0 saturated heterocycles. The van der Waals surface area contributed by atoms with E-state index in [4.69, 9.17) is 28.1 Å². The molecule has 0 aromatic heterocycles. The maximum atomic E-state index is 14.9. The van der Waals surface area contributed by atoms with E-state index in [9.17, 15) is 93.4 Å². The lowest BCUT2D eigenvalue weighted by Gasteiger charge is -2.43. The van der Waals surface area contributed by atoms with E-state index in [0.717, 1.165) is 24.3 Å². The smallest absolute Gasteiger partial charge is 0.460 e. The molecule has 1 aromatic carbocycles. The Morgan fingerprint density at radius 2 is 1.04 bits per heavy atom. The van der Waals surface area contributed by atoms with E-state index in [2.05, 4.69) is 0 Å². The van der Waals surface area contributed by atoms with Gasteiger partial charge in [-0.1, -0.05) is 39.8 Å². The lowest BCUT2D eigenvalue weighted by atomic mass is 10.00. The normalized spacial score (nSPS) is 21.8. The van der Waals surface area contributed by atoms with Gasteiger partial charge in [-0.25, -0.2) is 9.59 Å². The summed E-state index contributed by atoms with van der Waals surface area (Å²) >= 11 is 0. The molecule has 0 aliphatic carbocycles. The third-order valence-corrected chi connectivity index (χ3v) is 16.6. The van der Waals surface area contributed by atoms with Crippen molar-refractivity contribution in [3.63, 3.8) is 0 Å². The largest absolute Gasteiger partial charge is 0.494 e. The summed E-state index contributed by atoms with van der Waals surface area (Å²) in [5, 5.41) is 0. The molecular formula is C42H50F18O9Si. The fourth-order valence-electron chi connectivity index (χ4n) is 6.78. The van der Waals surface area contributed by atoms with Crippen LogP contribution in [0.1, 0.15) is 79.7 Å². The first-order valence-corrected chi connectivity index (χ1v) is 23.3. The maximum Gasteiger partial charge on any atom is 0.460 e. The van der Waals surface area contributed by atoms with Gasteiger partial charge in [0.25, 0.3) is 0 Å². The number of cyclic esters (lactones) is 3. The molecular weight excluding hydrogens is 1020 g/mol. The van der Waals surface area contributed by atoms with Crippen molar-refractivity contribution < 1.29 is 122 Å². The summed E-state index contributed by atoms with van der Waals surface area (Å²) in [5.74, 6) is -43.0. The average molecular weight is 1070 g/mol. The minimum Gasteiger partial charge on any atom is -0.494 e. The third-order valence-electron chi connectivity index (χ3n) is 11.0. The summed E-state index contributed by atoms with van der Waals surface area (Å²) in [6.07, 6.45) is -23.3. The van der Waals surface area contributed by atoms with Gasteiger partial charge in [0.2, 0.25) is 0 Å². The Morgan fingerprint density at radius 1 is 0.600 bits per heavy atom. The standard InChI is InChI=1S/C42H50F18O9Si/c1-23(2)70(24(3)4,20-18-36(45,46)38(49,50)40(53,54)42(58,59)60)69-31-14-16-32(61)66-25(5)21-34(63)68-26(6)30(13-15-33(62)67-27(31)7)65-22-28-9-11-29(12-10-28)64-19-8-17-35(43,44)37(47,48)39(51,52)41(55,56)57/h9-16,23-27,30-31H,8,17-22H2,1-7H3/t25-,26-,27-,30-,31-/m0/s1. The van der Waals surface area contributed by atoms with Crippen LogP contribution in [0.5, 0.6) is 5.75 Å². The molecule has 1 aliphatic rings. The van der Waals surface area contributed by atoms with Gasteiger partial charge >= 0.3 is 65.8 Å².